The lowest BCUT2D eigenvalue weighted by atomic mass is 10.2. The van der Waals surface area contributed by atoms with Crippen molar-refractivity contribution in [3.63, 3.8) is 0 Å². The smallest absolute Gasteiger partial charge is 0.236 e. The Labute approximate surface area is 167 Å². The first-order valence-electron chi connectivity index (χ1n) is 10.3. The van der Waals surface area contributed by atoms with E-state index in [1.54, 1.807) is 24.3 Å². The summed E-state index contributed by atoms with van der Waals surface area (Å²) in [5.41, 5.74) is 0. The van der Waals surface area contributed by atoms with Crippen molar-refractivity contribution in [2.45, 2.75) is 68.7 Å². The van der Waals surface area contributed by atoms with E-state index in [-0.39, 0.29) is 9.92 Å². The Morgan fingerprint density at radius 1 is 1.07 bits per heavy atom. The van der Waals surface area contributed by atoms with Gasteiger partial charge < -0.3 is 14.1 Å². The summed E-state index contributed by atoms with van der Waals surface area (Å²) in [5.74, 6) is 1.56. The van der Waals surface area contributed by atoms with Crippen LogP contribution in [0.15, 0.2) is 38.6 Å². The molecule has 0 atom stereocenters. The minimum atomic E-state index is -3.77. The molecule has 3 rings (SSSR count). The van der Waals surface area contributed by atoms with E-state index in [2.05, 4.69) is 16.8 Å². The molecule has 1 aliphatic rings. The Kier molecular flexibility index (Phi) is 6.99. The molecular formula is C21H30N2O4S. The molecule has 0 unspecified atom stereocenters. The number of ether oxygens (including phenoxy) is 1. The number of benzene rings is 1. The number of unbranched alkanes of at least 4 members (excludes halogenated alkanes) is 1. The van der Waals surface area contributed by atoms with Crippen molar-refractivity contribution in [2.75, 3.05) is 24.6 Å². The Morgan fingerprint density at radius 2 is 1.75 bits per heavy atom. The van der Waals surface area contributed by atoms with Crippen LogP contribution in [0.1, 0.15) is 58.3 Å². The molecule has 0 amide bonds. The maximum atomic E-state index is 13.3. The van der Waals surface area contributed by atoms with Crippen molar-refractivity contribution in [1.29, 1.82) is 0 Å². The number of anilines is 1. The van der Waals surface area contributed by atoms with Gasteiger partial charge in [-0.1, -0.05) is 26.2 Å². The number of nitrogens with zero attached hydrogens (tertiary/aromatic N) is 2. The van der Waals surface area contributed by atoms with Gasteiger partial charge in [0.2, 0.25) is 20.7 Å². The number of hydrogen-bond donors (Lipinski definition) is 0. The van der Waals surface area contributed by atoms with Gasteiger partial charge in [-0.3, -0.25) is 0 Å². The summed E-state index contributed by atoms with van der Waals surface area (Å²) >= 11 is 0. The van der Waals surface area contributed by atoms with Gasteiger partial charge in [0.25, 0.3) is 0 Å². The lowest BCUT2D eigenvalue weighted by molar-refractivity contribution is 0.340. The zero-order chi connectivity index (χ0) is 20.0. The molecule has 1 saturated heterocycles. The average molecular weight is 407 g/mol. The van der Waals surface area contributed by atoms with Gasteiger partial charge in [-0.15, -0.1) is 0 Å². The Hall–Kier alpha value is -2.02. The second kappa shape index (κ2) is 9.45. The number of rotatable bonds is 8. The average Bonchev–Trinajstić information content (AvgIpc) is 2.94. The number of aryl methyl sites for hydroxylation is 1. The predicted octanol–water partition coefficient (Wildman–Crippen LogP) is 4.63. The number of aromatic nitrogens is 1. The van der Waals surface area contributed by atoms with Crippen LogP contribution >= 0.6 is 0 Å². The summed E-state index contributed by atoms with van der Waals surface area (Å²) in [6, 6.07) is 6.51. The molecule has 28 heavy (non-hydrogen) atoms. The number of sulfone groups is 1. The molecule has 0 saturated carbocycles. The summed E-state index contributed by atoms with van der Waals surface area (Å²) in [7, 11) is -3.77. The predicted molar refractivity (Wildman–Crippen MR) is 109 cm³/mol. The molecule has 0 radical (unpaired) electrons. The highest BCUT2D eigenvalue weighted by Gasteiger charge is 2.31. The summed E-state index contributed by atoms with van der Waals surface area (Å²) in [6.45, 7) is 6.12. The van der Waals surface area contributed by atoms with Crippen LogP contribution in [0.3, 0.4) is 0 Å². The van der Waals surface area contributed by atoms with E-state index < -0.39 is 9.84 Å². The van der Waals surface area contributed by atoms with Crippen LogP contribution in [0.5, 0.6) is 5.75 Å². The second-order valence-electron chi connectivity index (χ2n) is 7.13. The van der Waals surface area contributed by atoms with E-state index in [1.165, 1.54) is 0 Å². The quantitative estimate of drug-likeness (QED) is 0.636. The monoisotopic (exact) mass is 406 g/mol. The first-order chi connectivity index (χ1) is 13.6. The fraction of sp³-hybridized carbons (Fsp3) is 0.571. The highest BCUT2D eigenvalue weighted by atomic mass is 32.2. The van der Waals surface area contributed by atoms with Crippen molar-refractivity contribution in [1.82, 2.24) is 4.98 Å². The van der Waals surface area contributed by atoms with Crippen LogP contribution in [0, 0.1) is 0 Å². The molecule has 6 nitrogen and oxygen atoms in total. The van der Waals surface area contributed by atoms with E-state index in [4.69, 9.17) is 9.15 Å². The van der Waals surface area contributed by atoms with Crippen LogP contribution in [0.2, 0.25) is 0 Å². The maximum absolute atomic E-state index is 13.3. The summed E-state index contributed by atoms with van der Waals surface area (Å²) in [6.07, 6.45) is 6.96. The molecule has 0 bridgehead atoms. The summed E-state index contributed by atoms with van der Waals surface area (Å²) < 4.78 is 38.1. The normalized spacial score (nSPS) is 15.4. The van der Waals surface area contributed by atoms with Crippen LogP contribution in [0.25, 0.3) is 0 Å². The second-order valence-corrected chi connectivity index (χ2v) is 9.00. The topological polar surface area (TPSA) is 72.6 Å². The highest BCUT2D eigenvalue weighted by Crippen LogP contribution is 2.33. The van der Waals surface area contributed by atoms with Gasteiger partial charge in [0.05, 0.1) is 11.5 Å². The molecule has 1 aromatic heterocycles. The molecule has 2 heterocycles. The fourth-order valence-electron chi connectivity index (χ4n) is 3.42. The first-order valence-corrected chi connectivity index (χ1v) is 11.8. The Balaban J connectivity index is 1.98. The third-order valence-electron chi connectivity index (χ3n) is 4.96. The lowest BCUT2D eigenvalue weighted by Gasteiger charge is -2.20. The zero-order valence-electron chi connectivity index (χ0n) is 16.8. The molecule has 0 spiro atoms. The third-order valence-corrected chi connectivity index (χ3v) is 6.63. The standard InChI is InChI=1S/C21H30N2O4S/c1-3-5-10-19-22-20(21(27-19)23-15-8-6-7-9-16-23)28(24,25)18-13-11-17(12-14-18)26-4-2/h11-14H,3-10,15-16H2,1-2H3. The molecule has 2 aromatic rings. The minimum absolute atomic E-state index is 0.0460. The SMILES string of the molecule is CCCCc1nc(S(=O)(=O)c2ccc(OCC)cc2)c(N2CCCCCC2)o1. The highest BCUT2D eigenvalue weighted by molar-refractivity contribution is 7.91. The fourth-order valence-corrected chi connectivity index (χ4v) is 4.76. The molecule has 1 fully saturated rings. The molecule has 1 aliphatic heterocycles. The van der Waals surface area contributed by atoms with E-state index in [0.717, 1.165) is 51.6 Å². The van der Waals surface area contributed by atoms with Crippen molar-refractivity contribution in [2.24, 2.45) is 0 Å². The Morgan fingerprint density at radius 3 is 2.36 bits per heavy atom. The molecule has 154 valence electrons. The van der Waals surface area contributed by atoms with Crippen molar-refractivity contribution >= 4 is 15.7 Å². The molecule has 0 N–H and O–H groups in total. The summed E-state index contributed by atoms with van der Waals surface area (Å²) in [4.78, 5) is 6.70. The Bertz CT molecular complexity index is 851. The van der Waals surface area contributed by atoms with Gasteiger partial charge in [0.15, 0.2) is 5.89 Å². The minimum Gasteiger partial charge on any atom is -0.494 e. The number of oxazole rings is 1. The lowest BCUT2D eigenvalue weighted by Crippen LogP contribution is -2.25. The van der Waals surface area contributed by atoms with Gasteiger partial charge in [-0.25, -0.2) is 8.42 Å². The van der Waals surface area contributed by atoms with Crippen molar-refractivity contribution in [3.8, 4) is 5.75 Å². The van der Waals surface area contributed by atoms with Gasteiger partial charge in [0, 0.05) is 19.5 Å². The van der Waals surface area contributed by atoms with Crippen molar-refractivity contribution < 1.29 is 17.6 Å². The molecule has 0 aliphatic carbocycles. The van der Waals surface area contributed by atoms with Crippen LogP contribution in [0.4, 0.5) is 5.88 Å². The maximum Gasteiger partial charge on any atom is 0.236 e. The van der Waals surface area contributed by atoms with E-state index in [9.17, 15) is 8.42 Å². The third kappa shape index (κ3) is 4.69. The molecular weight excluding hydrogens is 376 g/mol. The molecule has 1 aromatic carbocycles. The zero-order valence-corrected chi connectivity index (χ0v) is 17.6. The van der Waals surface area contributed by atoms with Crippen LogP contribution < -0.4 is 9.64 Å². The van der Waals surface area contributed by atoms with E-state index >= 15 is 0 Å². The van der Waals surface area contributed by atoms with Crippen LogP contribution in [-0.2, 0) is 16.3 Å². The number of hydrogen-bond acceptors (Lipinski definition) is 6. The molecule has 7 heteroatoms. The van der Waals surface area contributed by atoms with Gasteiger partial charge in [-0.05, 0) is 50.5 Å². The van der Waals surface area contributed by atoms with Gasteiger partial charge >= 0.3 is 0 Å². The van der Waals surface area contributed by atoms with Crippen LogP contribution in [-0.4, -0.2) is 33.1 Å². The van der Waals surface area contributed by atoms with Crippen molar-refractivity contribution in [3.05, 3.63) is 30.2 Å². The first kappa shape index (κ1) is 20.7. The van der Waals surface area contributed by atoms with E-state index in [1.807, 2.05) is 6.92 Å². The largest absolute Gasteiger partial charge is 0.494 e. The summed E-state index contributed by atoms with van der Waals surface area (Å²) in [5, 5.41) is 0.0460. The van der Waals surface area contributed by atoms with E-state index in [0.29, 0.717) is 30.6 Å². The van der Waals surface area contributed by atoms with Gasteiger partial charge in [0.1, 0.15) is 5.75 Å². The van der Waals surface area contributed by atoms with Gasteiger partial charge in [-0.2, -0.15) is 4.98 Å².